The van der Waals surface area contributed by atoms with Crippen LogP contribution in [0, 0.1) is 0 Å². The molecule has 2 heterocycles. The van der Waals surface area contributed by atoms with Crippen LogP contribution in [0.4, 0.5) is 10.5 Å². The summed E-state index contributed by atoms with van der Waals surface area (Å²) in [7, 11) is 0. The van der Waals surface area contributed by atoms with Gasteiger partial charge in [0.2, 0.25) is 0 Å². The van der Waals surface area contributed by atoms with Crippen LogP contribution < -0.4 is 10.6 Å². The lowest BCUT2D eigenvalue weighted by atomic mass is 9.99. The van der Waals surface area contributed by atoms with E-state index in [1.165, 1.54) is 0 Å². The molecule has 0 saturated carbocycles. The van der Waals surface area contributed by atoms with Gasteiger partial charge in [-0.2, -0.15) is 0 Å². The van der Waals surface area contributed by atoms with Crippen molar-refractivity contribution in [2.75, 3.05) is 25.0 Å². The minimum Gasteiger partial charge on any atom is -0.459 e. The first-order valence-corrected chi connectivity index (χ1v) is 13.8. The normalized spacial score (nSPS) is 23.8. The Labute approximate surface area is 230 Å². The molecule has 4 unspecified atom stereocenters. The first kappa shape index (κ1) is 29.0. The molecule has 39 heavy (non-hydrogen) atoms. The average molecular weight is 540 g/mol. The fourth-order valence-corrected chi connectivity index (χ4v) is 5.07. The smallest absolute Gasteiger partial charge is 0.323 e. The largest absolute Gasteiger partial charge is 0.459 e. The Bertz CT molecular complexity index is 1120. The Morgan fingerprint density at radius 1 is 1.10 bits per heavy atom. The molecule has 0 radical (unpaired) electrons. The predicted octanol–water partition coefficient (Wildman–Crippen LogP) is 4.67. The van der Waals surface area contributed by atoms with Gasteiger partial charge in [0, 0.05) is 30.8 Å². The SMILES string of the molecule is CCNC(=O)Nc1cccc(C2OC(CN3CCCC3C(=O)OC(C)(C)C)CC(c3ccc(CO)cc3)O2)c1. The molecular weight excluding hydrogens is 498 g/mol. The molecule has 4 atom stereocenters. The number of benzene rings is 2. The van der Waals surface area contributed by atoms with Crippen LogP contribution >= 0.6 is 0 Å². The van der Waals surface area contributed by atoms with Gasteiger partial charge in [0.1, 0.15) is 11.6 Å². The molecule has 0 aliphatic carbocycles. The van der Waals surface area contributed by atoms with Crippen molar-refractivity contribution < 1.29 is 28.9 Å². The number of likely N-dealkylation sites (tertiary alicyclic amines) is 1. The number of aliphatic hydroxyl groups excluding tert-OH is 1. The van der Waals surface area contributed by atoms with Crippen LogP contribution in [0.2, 0.25) is 0 Å². The van der Waals surface area contributed by atoms with Gasteiger partial charge in [0.05, 0.1) is 18.8 Å². The first-order chi connectivity index (χ1) is 18.6. The molecule has 2 aromatic carbocycles. The zero-order valence-electron chi connectivity index (χ0n) is 23.3. The molecule has 2 aromatic rings. The molecule has 4 rings (SSSR count). The van der Waals surface area contributed by atoms with E-state index < -0.39 is 11.9 Å². The summed E-state index contributed by atoms with van der Waals surface area (Å²) in [5, 5.41) is 15.0. The zero-order valence-corrected chi connectivity index (χ0v) is 23.3. The van der Waals surface area contributed by atoms with Gasteiger partial charge in [-0.15, -0.1) is 0 Å². The van der Waals surface area contributed by atoms with E-state index in [1.807, 2.05) is 76.2 Å². The second-order valence-electron chi connectivity index (χ2n) is 11.1. The van der Waals surface area contributed by atoms with Gasteiger partial charge in [-0.25, -0.2) is 4.79 Å². The average Bonchev–Trinajstić information content (AvgIpc) is 3.36. The van der Waals surface area contributed by atoms with E-state index in [9.17, 15) is 14.7 Å². The number of nitrogens with zero attached hydrogens (tertiary/aromatic N) is 1. The Morgan fingerprint density at radius 3 is 2.56 bits per heavy atom. The first-order valence-electron chi connectivity index (χ1n) is 13.8. The van der Waals surface area contributed by atoms with E-state index in [0.717, 1.165) is 36.1 Å². The Kier molecular flexibility index (Phi) is 9.61. The fourth-order valence-electron chi connectivity index (χ4n) is 5.07. The van der Waals surface area contributed by atoms with Gasteiger partial charge in [0.15, 0.2) is 6.29 Å². The zero-order chi connectivity index (χ0) is 28.0. The molecular formula is C30H41N3O6. The summed E-state index contributed by atoms with van der Waals surface area (Å²) in [5.74, 6) is -0.191. The van der Waals surface area contributed by atoms with Crippen molar-refractivity contribution in [3.63, 3.8) is 0 Å². The second-order valence-corrected chi connectivity index (χ2v) is 11.1. The summed E-state index contributed by atoms with van der Waals surface area (Å²) in [6.45, 7) is 9.41. The fraction of sp³-hybridized carbons (Fsp3) is 0.533. The quantitative estimate of drug-likeness (QED) is 0.418. The number of ether oxygens (including phenoxy) is 3. The number of nitrogens with one attached hydrogen (secondary N) is 2. The van der Waals surface area contributed by atoms with Crippen LogP contribution in [0.1, 0.15) is 76.0 Å². The van der Waals surface area contributed by atoms with Crippen molar-refractivity contribution in [3.05, 3.63) is 65.2 Å². The van der Waals surface area contributed by atoms with Gasteiger partial charge in [0.25, 0.3) is 0 Å². The van der Waals surface area contributed by atoms with Crippen molar-refractivity contribution in [1.29, 1.82) is 0 Å². The minimum absolute atomic E-state index is 0.0213. The van der Waals surface area contributed by atoms with Gasteiger partial charge < -0.3 is 30.0 Å². The highest BCUT2D eigenvalue weighted by molar-refractivity contribution is 5.89. The number of hydrogen-bond donors (Lipinski definition) is 3. The monoisotopic (exact) mass is 539 g/mol. The summed E-state index contributed by atoms with van der Waals surface area (Å²) in [5.41, 5.74) is 2.72. The lowest BCUT2D eigenvalue weighted by Gasteiger charge is -2.38. The Balaban J connectivity index is 1.54. The molecule has 9 nitrogen and oxygen atoms in total. The highest BCUT2D eigenvalue weighted by atomic mass is 16.7. The third-order valence-electron chi connectivity index (χ3n) is 6.85. The Morgan fingerprint density at radius 2 is 1.87 bits per heavy atom. The van der Waals surface area contributed by atoms with Crippen molar-refractivity contribution in [2.24, 2.45) is 0 Å². The number of carbonyl (C=O) groups excluding carboxylic acids is 2. The van der Waals surface area contributed by atoms with Crippen LogP contribution in [0.3, 0.4) is 0 Å². The summed E-state index contributed by atoms with van der Waals surface area (Å²) < 4.78 is 18.6. The van der Waals surface area contributed by atoms with Crippen LogP contribution in [0.5, 0.6) is 0 Å². The van der Waals surface area contributed by atoms with Crippen molar-refractivity contribution in [2.45, 2.75) is 83.7 Å². The number of esters is 1. The van der Waals surface area contributed by atoms with Gasteiger partial charge in [-0.1, -0.05) is 36.4 Å². The molecule has 2 aliphatic rings. The van der Waals surface area contributed by atoms with Gasteiger partial charge in [-0.3, -0.25) is 9.69 Å². The number of amides is 2. The standard InChI is InChI=1S/C30H41N3O6/c1-5-31-29(36)32-23-9-6-8-22(16-23)28-37-24(17-26(38-28)21-13-11-20(19-34)12-14-21)18-33-15-7-10-25(33)27(35)39-30(2,3)4/h6,8-9,11-14,16,24-26,28,34H,5,7,10,15,17-19H2,1-4H3,(H2,31,32,36). The molecule has 2 amide bonds. The maximum atomic E-state index is 12.9. The third kappa shape index (κ3) is 8.02. The minimum atomic E-state index is -0.662. The van der Waals surface area contributed by atoms with Crippen LogP contribution in [0.25, 0.3) is 0 Å². The predicted molar refractivity (Wildman–Crippen MR) is 148 cm³/mol. The number of rotatable bonds is 8. The van der Waals surface area contributed by atoms with E-state index >= 15 is 0 Å². The molecule has 9 heteroatoms. The molecule has 0 aromatic heterocycles. The van der Waals surface area contributed by atoms with Crippen molar-refractivity contribution in [3.8, 4) is 0 Å². The van der Waals surface area contributed by atoms with E-state index in [4.69, 9.17) is 14.2 Å². The van der Waals surface area contributed by atoms with Crippen molar-refractivity contribution >= 4 is 17.7 Å². The Hall–Kier alpha value is -2.98. The third-order valence-corrected chi connectivity index (χ3v) is 6.85. The summed E-state index contributed by atoms with van der Waals surface area (Å²) >= 11 is 0. The molecule has 2 fully saturated rings. The molecule has 2 aliphatic heterocycles. The highest BCUT2D eigenvalue weighted by Gasteiger charge is 2.39. The van der Waals surface area contributed by atoms with E-state index in [1.54, 1.807) is 0 Å². The topological polar surface area (TPSA) is 109 Å². The molecule has 212 valence electrons. The lowest BCUT2D eigenvalue weighted by Crippen LogP contribution is -2.45. The maximum Gasteiger partial charge on any atom is 0.323 e. The second kappa shape index (κ2) is 12.9. The van der Waals surface area contributed by atoms with E-state index in [-0.39, 0.29) is 36.9 Å². The van der Waals surface area contributed by atoms with E-state index in [2.05, 4.69) is 15.5 Å². The summed E-state index contributed by atoms with van der Waals surface area (Å²) in [6.07, 6.45) is 1.20. The molecule has 2 saturated heterocycles. The molecule has 0 spiro atoms. The number of aliphatic hydroxyl groups is 1. The van der Waals surface area contributed by atoms with Gasteiger partial charge >= 0.3 is 12.0 Å². The van der Waals surface area contributed by atoms with Gasteiger partial charge in [-0.05, 0) is 70.3 Å². The lowest BCUT2D eigenvalue weighted by molar-refractivity contribution is -0.253. The number of hydrogen-bond acceptors (Lipinski definition) is 7. The van der Waals surface area contributed by atoms with Crippen molar-refractivity contribution in [1.82, 2.24) is 10.2 Å². The highest BCUT2D eigenvalue weighted by Crippen LogP contribution is 2.39. The number of urea groups is 1. The number of carbonyl (C=O) groups is 2. The molecule has 0 bridgehead atoms. The summed E-state index contributed by atoms with van der Waals surface area (Å²) in [6, 6.07) is 14.6. The maximum absolute atomic E-state index is 12.9. The van der Waals surface area contributed by atoms with E-state index in [0.29, 0.717) is 25.2 Å². The van der Waals surface area contributed by atoms with Crippen LogP contribution in [-0.2, 0) is 25.6 Å². The van der Waals surface area contributed by atoms with Crippen LogP contribution in [0.15, 0.2) is 48.5 Å². The summed E-state index contributed by atoms with van der Waals surface area (Å²) in [4.78, 5) is 27.2. The number of anilines is 1. The van der Waals surface area contributed by atoms with Crippen LogP contribution in [-0.4, -0.2) is 59.4 Å². The molecule has 3 N–H and O–H groups in total.